The minimum absolute atomic E-state index is 0.130. The van der Waals surface area contributed by atoms with Crippen LogP contribution >= 0.6 is 0 Å². The number of fused-ring (bicyclic) bond motifs is 1. The van der Waals surface area contributed by atoms with Crippen molar-refractivity contribution in [3.63, 3.8) is 0 Å². The van der Waals surface area contributed by atoms with Gasteiger partial charge < -0.3 is 10.6 Å². The normalized spacial score (nSPS) is 10.4. The molecule has 2 amide bonds. The average molecular weight is 334 g/mol. The van der Waals surface area contributed by atoms with E-state index in [4.69, 9.17) is 0 Å². The van der Waals surface area contributed by atoms with Gasteiger partial charge in [0.05, 0.1) is 0 Å². The van der Waals surface area contributed by atoms with Crippen LogP contribution in [0, 0.1) is 0 Å². The molecule has 0 spiro atoms. The summed E-state index contributed by atoms with van der Waals surface area (Å²) in [6, 6.07) is 13.1. The summed E-state index contributed by atoms with van der Waals surface area (Å²) in [5, 5.41) is 7.29. The highest BCUT2D eigenvalue weighted by atomic mass is 16.2. The lowest BCUT2D eigenvalue weighted by Crippen LogP contribution is -2.31. The molecule has 0 aliphatic carbocycles. The van der Waals surface area contributed by atoms with Gasteiger partial charge in [-0.15, -0.1) is 0 Å². The Labute approximate surface area is 145 Å². The lowest BCUT2D eigenvalue weighted by molar-refractivity contribution is -0.121. The maximum Gasteiger partial charge on any atom is 0.270 e. The summed E-state index contributed by atoms with van der Waals surface area (Å²) in [5.74, 6) is -0.410. The van der Waals surface area contributed by atoms with Crippen LogP contribution in [0.2, 0.25) is 0 Å². The second-order valence-electron chi connectivity index (χ2n) is 5.52. The molecule has 0 saturated heterocycles. The molecule has 3 rings (SSSR count). The van der Waals surface area contributed by atoms with E-state index in [9.17, 15) is 9.59 Å². The summed E-state index contributed by atoms with van der Waals surface area (Å²) >= 11 is 0. The Balaban J connectivity index is 1.50. The highest BCUT2D eigenvalue weighted by molar-refractivity contribution is 6.05. The summed E-state index contributed by atoms with van der Waals surface area (Å²) in [4.78, 5) is 32.3. The third kappa shape index (κ3) is 4.38. The van der Waals surface area contributed by atoms with Gasteiger partial charge in [0.1, 0.15) is 5.69 Å². The maximum atomic E-state index is 12.3. The highest BCUT2D eigenvalue weighted by Crippen LogP contribution is 2.15. The van der Waals surface area contributed by atoms with Gasteiger partial charge in [0.15, 0.2) is 0 Å². The van der Waals surface area contributed by atoms with E-state index < -0.39 is 0 Å². The van der Waals surface area contributed by atoms with E-state index in [-0.39, 0.29) is 24.8 Å². The Morgan fingerprint density at radius 2 is 1.84 bits per heavy atom. The van der Waals surface area contributed by atoms with Crippen molar-refractivity contribution in [1.82, 2.24) is 20.6 Å². The van der Waals surface area contributed by atoms with Crippen molar-refractivity contribution in [1.29, 1.82) is 0 Å². The first-order valence-electron chi connectivity index (χ1n) is 8.01. The Kier molecular flexibility index (Phi) is 5.31. The molecule has 1 aromatic carbocycles. The number of aromatic nitrogens is 2. The second-order valence-corrected chi connectivity index (χ2v) is 5.52. The zero-order valence-electron chi connectivity index (χ0n) is 13.6. The topological polar surface area (TPSA) is 84.0 Å². The molecule has 2 N–H and O–H groups in total. The van der Waals surface area contributed by atoms with Gasteiger partial charge in [-0.3, -0.25) is 19.6 Å². The van der Waals surface area contributed by atoms with Gasteiger partial charge in [-0.25, -0.2) is 0 Å². The molecule has 3 aromatic rings. The van der Waals surface area contributed by atoms with Gasteiger partial charge in [-0.05, 0) is 23.1 Å². The Hall–Kier alpha value is -3.28. The van der Waals surface area contributed by atoms with Crippen LogP contribution in [0.4, 0.5) is 0 Å². The van der Waals surface area contributed by atoms with Gasteiger partial charge >= 0.3 is 0 Å². The summed E-state index contributed by atoms with van der Waals surface area (Å²) in [7, 11) is 0. The highest BCUT2D eigenvalue weighted by Gasteiger charge is 2.11. The summed E-state index contributed by atoms with van der Waals surface area (Å²) in [5.41, 5.74) is 1.30. The van der Waals surface area contributed by atoms with Gasteiger partial charge in [0.25, 0.3) is 5.91 Å². The first-order chi connectivity index (χ1) is 12.2. The van der Waals surface area contributed by atoms with Crippen LogP contribution < -0.4 is 10.6 Å². The van der Waals surface area contributed by atoms with Gasteiger partial charge in [-0.2, -0.15) is 0 Å². The summed E-state index contributed by atoms with van der Waals surface area (Å²) in [6.07, 6.45) is 5.20. The number of amides is 2. The van der Waals surface area contributed by atoms with Crippen LogP contribution in [-0.4, -0.2) is 28.3 Å². The number of carbonyl (C=O) groups excluding carboxylic acids is 2. The van der Waals surface area contributed by atoms with E-state index in [1.807, 2.05) is 42.5 Å². The molecule has 0 saturated carbocycles. The Bertz CT molecular complexity index is 875. The molecule has 2 heterocycles. The van der Waals surface area contributed by atoms with Crippen LogP contribution in [-0.2, 0) is 11.3 Å². The first kappa shape index (κ1) is 16.6. The minimum atomic E-state index is -0.281. The molecule has 0 bridgehead atoms. The van der Waals surface area contributed by atoms with Crippen LogP contribution in [0.3, 0.4) is 0 Å². The molecule has 0 aliphatic heterocycles. The van der Waals surface area contributed by atoms with E-state index >= 15 is 0 Å². The van der Waals surface area contributed by atoms with Gasteiger partial charge in [0.2, 0.25) is 5.91 Å². The number of carbonyl (C=O) groups is 2. The van der Waals surface area contributed by atoms with E-state index in [2.05, 4.69) is 20.6 Å². The molecule has 0 radical (unpaired) electrons. The molecule has 126 valence electrons. The van der Waals surface area contributed by atoms with Gasteiger partial charge in [0, 0.05) is 43.5 Å². The largest absolute Gasteiger partial charge is 0.352 e. The van der Waals surface area contributed by atoms with Crippen LogP contribution in [0.5, 0.6) is 0 Å². The molecule has 2 aromatic heterocycles. The molecule has 0 aliphatic rings. The minimum Gasteiger partial charge on any atom is -0.352 e. The van der Waals surface area contributed by atoms with Crippen molar-refractivity contribution in [2.45, 2.75) is 13.0 Å². The van der Waals surface area contributed by atoms with Crippen LogP contribution in [0.1, 0.15) is 22.5 Å². The number of hydrogen-bond acceptors (Lipinski definition) is 4. The molecule has 6 heteroatoms. The molecule has 6 nitrogen and oxygen atoms in total. The maximum absolute atomic E-state index is 12.3. The van der Waals surface area contributed by atoms with E-state index in [0.29, 0.717) is 12.2 Å². The summed E-state index contributed by atoms with van der Waals surface area (Å²) in [6.45, 7) is 0.675. The predicted octanol–water partition coefficient (Wildman–Crippen LogP) is 2.07. The monoisotopic (exact) mass is 334 g/mol. The summed E-state index contributed by atoms with van der Waals surface area (Å²) < 4.78 is 0. The molecule has 0 atom stereocenters. The SMILES string of the molecule is O=C(CCNC(=O)c1nccc2ccccc12)NCc1cccnc1. The first-order valence-corrected chi connectivity index (χ1v) is 8.01. The molecule has 0 unspecified atom stereocenters. The van der Waals surface area contributed by atoms with Crippen LogP contribution in [0.25, 0.3) is 10.8 Å². The molecule has 0 fully saturated rings. The fourth-order valence-corrected chi connectivity index (χ4v) is 2.47. The van der Waals surface area contributed by atoms with Crippen molar-refractivity contribution >= 4 is 22.6 Å². The van der Waals surface area contributed by atoms with Crippen molar-refractivity contribution in [3.05, 3.63) is 72.3 Å². The fraction of sp³-hybridized carbons (Fsp3) is 0.158. The fourth-order valence-electron chi connectivity index (χ4n) is 2.47. The smallest absolute Gasteiger partial charge is 0.270 e. The lowest BCUT2D eigenvalue weighted by Gasteiger charge is -2.08. The van der Waals surface area contributed by atoms with E-state index in [1.165, 1.54) is 0 Å². The second kappa shape index (κ2) is 8.01. The van der Waals surface area contributed by atoms with E-state index in [0.717, 1.165) is 16.3 Å². The Morgan fingerprint density at radius 1 is 0.960 bits per heavy atom. The third-order valence-corrected chi connectivity index (χ3v) is 3.74. The van der Waals surface area contributed by atoms with Crippen molar-refractivity contribution in [3.8, 4) is 0 Å². The number of pyridine rings is 2. The number of benzene rings is 1. The predicted molar refractivity (Wildman–Crippen MR) is 94.8 cm³/mol. The number of hydrogen-bond donors (Lipinski definition) is 2. The average Bonchev–Trinajstić information content (AvgIpc) is 2.66. The van der Waals surface area contributed by atoms with Crippen molar-refractivity contribution < 1.29 is 9.59 Å². The number of nitrogens with zero attached hydrogens (tertiary/aromatic N) is 2. The van der Waals surface area contributed by atoms with Gasteiger partial charge in [-0.1, -0.05) is 30.3 Å². The number of nitrogens with one attached hydrogen (secondary N) is 2. The van der Waals surface area contributed by atoms with E-state index in [1.54, 1.807) is 18.6 Å². The van der Waals surface area contributed by atoms with Crippen LogP contribution in [0.15, 0.2) is 61.1 Å². The molecule has 25 heavy (non-hydrogen) atoms. The third-order valence-electron chi connectivity index (χ3n) is 3.74. The molecular formula is C19H18N4O2. The zero-order valence-corrected chi connectivity index (χ0v) is 13.6. The van der Waals surface area contributed by atoms with Crippen molar-refractivity contribution in [2.75, 3.05) is 6.54 Å². The quantitative estimate of drug-likeness (QED) is 0.723. The zero-order chi connectivity index (χ0) is 17.5. The Morgan fingerprint density at radius 3 is 2.68 bits per heavy atom. The molecular weight excluding hydrogens is 316 g/mol. The lowest BCUT2D eigenvalue weighted by atomic mass is 10.1. The standard InChI is InChI=1S/C19H18N4O2/c24-17(23-13-14-4-3-9-20-12-14)8-11-22-19(25)18-16-6-2-1-5-15(16)7-10-21-18/h1-7,9-10,12H,8,11,13H2,(H,22,25)(H,23,24). The number of rotatable bonds is 6. The van der Waals surface area contributed by atoms with Crippen molar-refractivity contribution in [2.24, 2.45) is 0 Å².